The minimum atomic E-state index is -3.63. The molecule has 0 fully saturated rings. The predicted molar refractivity (Wildman–Crippen MR) is 86.6 cm³/mol. The molecule has 3 aromatic rings. The number of aromatic nitrogens is 1. The van der Waals surface area contributed by atoms with Crippen LogP contribution in [0.2, 0.25) is 0 Å². The Bertz CT molecular complexity index is 899. The normalized spacial score (nSPS) is 11.9. The second-order valence-electron chi connectivity index (χ2n) is 4.63. The monoisotopic (exact) mass is 364 g/mol. The van der Waals surface area contributed by atoms with Crippen LogP contribution in [0.4, 0.5) is 0 Å². The van der Waals surface area contributed by atoms with Crippen LogP contribution < -0.4 is 5.73 Å². The third kappa shape index (κ3) is 2.39. The predicted octanol–water partition coefficient (Wildman–Crippen LogP) is 3.10. The molecule has 0 spiro atoms. The summed E-state index contributed by atoms with van der Waals surface area (Å²) in [4.78, 5) is 0.245. The lowest BCUT2D eigenvalue weighted by atomic mass is 10.2. The molecule has 1 aromatic heterocycles. The third-order valence-corrected chi connectivity index (χ3v) is 5.57. The first-order chi connectivity index (χ1) is 10.0. The van der Waals surface area contributed by atoms with E-state index in [2.05, 4.69) is 15.9 Å². The molecule has 0 aliphatic rings. The van der Waals surface area contributed by atoms with Crippen molar-refractivity contribution in [1.29, 1.82) is 0 Å². The zero-order valence-electron chi connectivity index (χ0n) is 11.0. The lowest BCUT2D eigenvalue weighted by Crippen LogP contribution is -2.11. The summed E-state index contributed by atoms with van der Waals surface area (Å²) < 4.78 is 27.7. The Hall–Kier alpha value is -1.63. The molecular weight excluding hydrogens is 352 g/mol. The van der Waals surface area contributed by atoms with Gasteiger partial charge in [0.1, 0.15) is 0 Å². The van der Waals surface area contributed by atoms with E-state index in [1.165, 1.54) is 3.97 Å². The highest BCUT2D eigenvalue weighted by Gasteiger charge is 2.20. The average Bonchev–Trinajstić information content (AvgIpc) is 2.87. The second-order valence-corrected chi connectivity index (χ2v) is 7.36. The zero-order valence-corrected chi connectivity index (χ0v) is 13.4. The third-order valence-electron chi connectivity index (χ3n) is 3.35. The summed E-state index contributed by atoms with van der Waals surface area (Å²) in [6, 6.07) is 13.9. The summed E-state index contributed by atoms with van der Waals surface area (Å²) >= 11 is 3.31. The first kappa shape index (κ1) is 14.3. The molecule has 0 bridgehead atoms. The van der Waals surface area contributed by atoms with E-state index in [1.807, 2.05) is 18.2 Å². The molecule has 3 rings (SSSR count). The van der Waals surface area contributed by atoms with E-state index in [4.69, 9.17) is 5.73 Å². The van der Waals surface area contributed by atoms with Crippen molar-refractivity contribution >= 4 is 36.9 Å². The summed E-state index contributed by atoms with van der Waals surface area (Å²) in [5.74, 6) is 0. The van der Waals surface area contributed by atoms with Crippen LogP contribution in [0.3, 0.4) is 0 Å². The Morgan fingerprint density at radius 1 is 1.05 bits per heavy atom. The zero-order chi connectivity index (χ0) is 15.0. The van der Waals surface area contributed by atoms with E-state index in [-0.39, 0.29) is 4.90 Å². The Morgan fingerprint density at radius 3 is 2.38 bits per heavy atom. The van der Waals surface area contributed by atoms with Gasteiger partial charge in [-0.1, -0.05) is 34.1 Å². The van der Waals surface area contributed by atoms with Gasteiger partial charge < -0.3 is 5.73 Å². The number of hydrogen-bond acceptors (Lipinski definition) is 3. The molecular formula is C15H13BrN2O2S. The standard InChI is InChI=1S/C15H13BrN2O2S/c16-12-5-7-13(8-6-12)21(19,20)18-10-11(9-17)14-3-1-2-4-15(14)18/h1-8,10H,9,17H2. The van der Waals surface area contributed by atoms with Crippen LogP contribution in [0.1, 0.15) is 5.56 Å². The van der Waals surface area contributed by atoms with Gasteiger partial charge in [-0.05, 0) is 35.9 Å². The molecule has 0 amide bonds. The van der Waals surface area contributed by atoms with Gasteiger partial charge in [0.15, 0.2) is 0 Å². The number of para-hydroxylation sites is 1. The Balaban J connectivity index is 2.26. The van der Waals surface area contributed by atoms with E-state index in [1.54, 1.807) is 36.5 Å². The smallest absolute Gasteiger partial charge is 0.268 e. The van der Waals surface area contributed by atoms with Crippen LogP contribution in [0.25, 0.3) is 10.9 Å². The molecule has 0 saturated carbocycles. The van der Waals surface area contributed by atoms with Crippen LogP contribution in [0.5, 0.6) is 0 Å². The summed E-state index contributed by atoms with van der Waals surface area (Å²) in [6.07, 6.45) is 1.60. The highest BCUT2D eigenvalue weighted by molar-refractivity contribution is 9.10. The average molecular weight is 365 g/mol. The van der Waals surface area contributed by atoms with Crippen LogP contribution >= 0.6 is 15.9 Å². The first-order valence-electron chi connectivity index (χ1n) is 6.34. The fourth-order valence-corrected chi connectivity index (χ4v) is 3.96. The van der Waals surface area contributed by atoms with Crippen molar-refractivity contribution in [3.8, 4) is 0 Å². The Morgan fingerprint density at radius 2 is 1.71 bits per heavy atom. The summed E-state index contributed by atoms with van der Waals surface area (Å²) in [7, 11) is -3.63. The molecule has 4 nitrogen and oxygen atoms in total. The fourth-order valence-electron chi connectivity index (χ4n) is 2.30. The van der Waals surface area contributed by atoms with Gasteiger partial charge in [-0.2, -0.15) is 0 Å². The van der Waals surface area contributed by atoms with E-state index >= 15 is 0 Å². The molecule has 108 valence electrons. The van der Waals surface area contributed by atoms with Crippen molar-refractivity contribution in [3.05, 3.63) is 64.8 Å². The van der Waals surface area contributed by atoms with Crippen molar-refractivity contribution in [1.82, 2.24) is 3.97 Å². The fraction of sp³-hybridized carbons (Fsp3) is 0.0667. The highest BCUT2D eigenvalue weighted by Crippen LogP contribution is 2.26. The largest absolute Gasteiger partial charge is 0.326 e. The van der Waals surface area contributed by atoms with Crippen molar-refractivity contribution in [2.24, 2.45) is 5.73 Å². The van der Waals surface area contributed by atoms with E-state index < -0.39 is 10.0 Å². The molecule has 0 radical (unpaired) electrons. The van der Waals surface area contributed by atoms with Crippen LogP contribution in [-0.4, -0.2) is 12.4 Å². The minimum Gasteiger partial charge on any atom is -0.326 e. The highest BCUT2D eigenvalue weighted by atomic mass is 79.9. The molecule has 0 saturated heterocycles. The maximum atomic E-state index is 12.8. The van der Waals surface area contributed by atoms with Gasteiger partial charge in [0, 0.05) is 22.6 Å². The number of halogens is 1. The van der Waals surface area contributed by atoms with Crippen LogP contribution in [-0.2, 0) is 16.6 Å². The number of fused-ring (bicyclic) bond motifs is 1. The van der Waals surface area contributed by atoms with Crippen molar-refractivity contribution in [2.45, 2.75) is 11.4 Å². The first-order valence-corrected chi connectivity index (χ1v) is 8.57. The maximum absolute atomic E-state index is 12.8. The van der Waals surface area contributed by atoms with Crippen molar-refractivity contribution in [3.63, 3.8) is 0 Å². The van der Waals surface area contributed by atoms with E-state index in [9.17, 15) is 8.42 Å². The van der Waals surface area contributed by atoms with Crippen molar-refractivity contribution < 1.29 is 8.42 Å². The molecule has 0 unspecified atom stereocenters. The minimum absolute atomic E-state index is 0.245. The van der Waals surface area contributed by atoms with Gasteiger partial charge in [-0.15, -0.1) is 0 Å². The lowest BCUT2D eigenvalue weighted by molar-refractivity contribution is 0.589. The number of hydrogen-bond donors (Lipinski definition) is 1. The molecule has 2 N–H and O–H groups in total. The summed E-state index contributed by atoms with van der Waals surface area (Å²) in [6.45, 7) is 0.295. The van der Waals surface area contributed by atoms with Crippen LogP contribution in [0.15, 0.2) is 64.1 Å². The number of benzene rings is 2. The quantitative estimate of drug-likeness (QED) is 0.776. The van der Waals surface area contributed by atoms with E-state index in [0.717, 1.165) is 15.4 Å². The number of nitrogens with zero attached hydrogens (tertiary/aromatic N) is 1. The van der Waals surface area contributed by atoms with Gasteiger partial charge in [0.2, 0.25) is 0 Å². The Labute approximate surface area is 131 Å². The maximum Gasteiger partial charge on any atom is 0.268 e. The number of rotatable bonds is 3. The molecule has 21 heavy (non-hydrogen) atoms. The molecule has 0 aliphatic carbocycles. The lowest BCUT2D eigenvalue weighted by Gasteiger charge is -2.07. The van der Waals surface area contributed by atoms with Crippen molar-refractivity contribution in [2.75, 3.05) is 0 Å². The van der Waals surface area contributed by atoms with Gasteiger partial charge in [0.05, 0.1) is 10.4 Å². The topological polar surface area (TPSA) is 65.1 Å². The number of nitrogens with two attached hydrogens (primary N) is 1. The second kappa shape index (κ2) is 5.29. The van der Waals surface area contributed by atoms with E-state index in [0.29, 0.717) is 12.1 Å². The Kier molecular flexibility index (Phi) is 3.61. The summed E-state index contributed by atoms with van der Waals surface area (Å²) in [5, 5.41) is 0.862. The van der Waals surface area contributed by atoms with Gasteiger partial charge in [-0.3, -0.25) is 0 Å². The van der Waals surface area contributed by atoms with Gasteiger partial charge in [-0.25, -0.2) is 12.4 Å². The van der Waals surface area contributed by atoms with Gasteiger partial charge in [0.25, 0.3) is 10.0 Å². The molecule has 6 heteroatoms. The molecule has 2 aromatic carbocycles. The molecule has 0 aliphatic heterocycles. The SMILES string of the molecule is NCc1cn(S(=O)(=O)c2ccc(Br)cc2)c2ccccc12. The molecule has 1 heterocycles. The van der Waals surface area contributed by atoms with Crippen LogP contribution in [0, 0.1) is 0 Å². The van der Waals surface area contributed by atoms with Gasteiger partial charge >= 0.3 is 0 Å². The molecule has 0 atom stereocenters. The summed E-state index contributed by atoms with van der Waals surface area (Å²) in [5.41, 5.74) is 7.17.